The Balaban J connectivity index is 1.51. The minimum absolute atomic E-state index is 0.181. The summed E-state index contributed by atoms with van der Waals surface area (Å²) in [6.45, 7) is 6.80. The molecule has 8 rings (SSSR count). The van der Waals surface area contributed by atoms with Crippen LogP contribution in [0.15, 0.2) is 158 Å². The van der Waals surface area contributed by atoms with Gasteiger partial charge >= 0.3 is 284 Å². The van der Waals surface area contributed by atoms with Gasteiger partial charge in [0, 0.05) is 0 Å². The van der Waals surface area contributed by atoms with E-state index in [9.17, 15) is 0 Å². The third-order valence-electron chi connectivity index (χ3n) is 13.2. The number of rotatable bonds is 6. The van der Waals surface area contributed by atoms with Gasteiger partial charge in [-0.1, -0.05) is 0 Å². The van der Waals surface area contributed by atoms with Gasteiger partial charge in [-0.05, 0) is 0 Å². The minimum atomic E-state index is -5.93. The summed E-state index contributed by atoms with van der Waals surface area (Å²) in [4.78, 5) is 0. The van der Waals surface area contributed by atoms with Gasteiger partial charge in [-0.2, -0.15) is 0 Å². The molecule has 0 spiro atoms. The van der Waals surface area contributed by atoms with E-state index in [2.05, 4.69) is 200 Å². The molecule has 0 aliphatic heterocycles. The summed E-state index contributed by atoms with van der Waals surface area (Å²) in [5.74, 6) is 0. The second kappa shape index (κ2) is 9.97. The zero-order valence-corrected chi connectivity index (χ0v) is 33.5. The van der Waals surface area contributed by atoms with Crippen LogP contribution >= 0.6 is 0 Å². The topological polar surface area (TPSA) is 0 Å². The summed E-state index contributed by atoms with van der Waals surface area (Å²) in [6, 6.07) is 55.4. The van der Waals surface area contributed by atoms with Gasteiger partial charge in [0.05, 0.1) is 0 Å². The van der Waals surface area contributed by atoms with Crippen LogP contribution in [0.25, 0.3) is 34.4 Å². The third-order valence-corrected chi connectivity index (χ3v) is 70.4. The van der Waals surface area contributed by atoms with Crippen LogP contribution < -0.4 is 6.64 Å². The van der Waals surface area contributed by atoms with Crippen LogP contribution in [0, 0.1) is 13.8 Å². The van der Waals surface area contributed by atoms with Gasteiger partial charge < -0.3 is 0 Å². The monoisotopic (exact) mass is 804 g/mol. The van der Waals surface area contributed by atoms with E-state index in [1.807, 2.05) is 0 Å². The number of benzene rings is 6. The van der Waals surface area contributed by atoms with Crippen molar-refractivity contribution in [1.29, 1.82) is 0 Å². The summed E-state index contributed by atoms with van der Waals surface area (Å²) in [5, 5.41) is 0. The van der Waals surface area contributed by atoms with Crippen molar-refractivity contribution in [2.75, 3.05) is 0 Å². The van der Waals surface area contributed by atoms with Crippen molar-refractivity contribution in [2.45, 2.75) is 30.6 Å². The Labute approximate surface area is 282 Å². The molecule has 0 aromatic heterocycles. The molecular formula is C46H44HfSi. The Morgan fingerprint density at radius 2 is 0.854 bits per heavy atom. The van der Waals surface area contributed by atoms with Crippen molar-refractivity contribution in [1.82, 2.24) is 0 Å². The van der Waals surface area contributed by atoms with E-state index in [0.29, 0.717) is 0 Å². The average molecular weight is 803 g/mol. The maximum absolute atomic E-state index is 5.93. The molecule has 236 valence electrons. The summed E-state index contributed by atoms with van der Waals surface area (Å²) < 4.78 is 8.94. The van der Waals surface area contributed by atoms with Gasteiger partial charge in [0.1, 0.15) is 0 Å². The van der Waals surface area contributed by atoms with E-state index in [1.165, 1.54) is 62.3 Å². The fraction of sp³-hybridized carbons (Fsp3) is 0.130. The maximum atomic E-state index is 2.79. The molecule has 2 unspecified atom stereocenters. The molecule has 2 aliphatic rings. The first-order valence-electron chi connectivity index (χ1n) is 17.4. The van der Waals surface area contributed by atoms with Gasteiger partial charge in [-0.3, -0.25) is 0 Å². The number of hydrogen-bond acceptors (Lipinski definition) is 0. The van der Waals surface area contributed by atoms with Gasteiger partial charge in [0.2, 0.25) is 0 Å². The summed E-state index contributed by atoms with van der Waals surface area (Å²) >= 11 is -5.93. The van der Waals surface area contributed by atoms with E-state index in [1.54, 1.807) is 0 Å². The van der Waals surface area contributed by atoms with Crippen molar-refractivity contribution in [3.05, 3.63) is 191 Å². The molecule has 0 nitrogen and oxygen atoms in total. The van der Waals surface area contributed by atoms with Crippen LogP contribution in [-0.4, -0.2) is 6.94 Å². The summed E-state index contributed by atoms with van der Waals surface area (Å²) in [7, 11) is 0. The molecule has 0 radical (unpaired) electrons. The van der Waals surface area contributed by atoms with Crippen molar-refractivity contribution >= 4 is 25.7 Å². The normalized spacial score (nSPS) is 18.7. The van der Waals surface area contributed by atoms with Crippen molar-refractivity contribution in [2.24, 2.45) is 0 Å². The second-order valence-electron chi connectivity index (χ2n) is 16.8. The molecule has 0 bridgehead atoms. The molecular weight excluding hydrogens is 759 g/mol. The van der Waals surface area contributed by atoms with Gasteiger partial charge in [-0.25, -0.2) is 0 Å². The summed E-state index contributed by atoms with van der Waals surface area (Å²) in [5.41, 5.74) is 13.4. The van der Waals surface area contributed by atoms with E-state index in [4.69, 9.17) is 0 Å². The predicted octanol–water partition coefficient (Wildman–Crippen LogP) is 10.5. The molecule has 6 aromatic carbocycles. The third kappa shape index (κ3) is 3.91. The zero-order valence-electron chi connectivity index (χ0n) is 28.5. The number of hydrogen-bond donors (Lipinski definition) is 0. The molecule has 6 aromatic rings. The molecule has 0 amide bonds. The van der Waals surface area contributed by atoms with Crippen LogP contribution in [0.2, 0.25) is 9.36 Å². The average Bonchev–Trinajstić information content (AvgIpc) is 3.77. The van der Waals surface area contributed by atoms with Crippen LogP contribution in [0.3, 0.4) is 0 Å². The van der Waals surface area contributed by atoms with E-state index in [0.717, 1.165) is 0 Å². The van der Waals surface area contributed by atoms with Gasteiger partial charge in [0.15, 0.2) is 0 Å². The number of aryl methyl sites for hydroxylation is 2. The van der Waals surface area contributed by atoms with Gasteiger partial charge in [-0.15, -0.1) is 0 Å². The first kappa shape index (κ1) is 31.2. The first-order valence-corrected chi connectivity index (χ1v) is 40.6. The Morgan fingerprint density at radius 1 is 0.458 bits per heavy atom. The molecule has 2 aliphatic carbocycles. The molecule has 0 N–H and O–H groups in total. The fourth-order valence-electron chi connectivity index (χ4n) is 10.4. The fourth-order valence-corrected chi connectivity index (χ4v) is 57.6. The molecule has 0 saturated carbocycles. The quantitative estimate of drug-likeness (QED) is 0.147. The molecule has 0 saturated heterocycles. The van der Waals surface area contributed by atoms with Crippen molar-refractivity contribution in [3.8, 4) is 22.3 Å². The zero-order chi connectivity index (χ0) is 33.3. The second-order valence-corrected chi connectivity index (χ2v) is 85.3. The molecule has 0 heterocycles. The Bertz CT molecular complexity index is 2290. The number of allylic oxidation sites excluding steroid dienone is 2. The molecule has 0 fully saturated rings. The van der Waals surface area contributed by atoms with Crippen LogP contribution in [0.5, 0.6) is 0 Å². The summed E-state index contributed by atoms with van der Waals surface area (Å²) in [6.07, 6.45) is 10.1. The molecule has 2 heteroatoms. The van der Waals surface area contributed by atoms with Gasteiger partial charge in [0.25, 0.3) is 0 Å². The number of fused-ring (bicyclic) bond motifs is 2. The molecule has 2 atom stereocenters. The van der Waals surface area contributed by atoms with Crippen LogP contribution in [0.4, 0.5) is 0 Å². The predicted molar refractivity (Wildman–Crippen MR) is 209 cm³/mol. The Hall–Kier alpha value is -4.11. The Morgan fingerprint density at radius 3 is 1.25 bits per heavy atom. The van der Waals surface area contributed by atoms with E-state index >= 15 is 0 Å². The Kier molecular flexibility index (Phi) is 6.47. The van der Waals surface area contributed by atoms with E-state index in [-0.39, 0.29) is 7.35 Å². The van der Waals surface area contributed by atoms with Crippen LogP contribution in [-0.2, 0) is 14.2 Å². The van der Waals surface area contributed by atoms with E-state index < -0.39 is 14.2 Å². The first-order chi connectivity index (χ1) is 23.0. The van der Waals surface area contributed by atoms with Crippen molar-refractivity contribution < 1.29 is 14.2 Å². The SMILES string of the molecule is Cc1cccc(-c2cccc3c2C=C[CH]3[Hf]([CH3])([CH3])(=[SiH2])([c]2ccccc2)([c]2ccccc2)[CH]2C=Cc3c(-c4cccc(C)c4)cccc32)c1. The van der Waals surface area contributed by atoms with Crippen molar-refractivity contribution in [3.63, 3.8) is 0 Å². The standard InChI is InChI=1S/2C16H13.2C6H5.2CH3.Hf.H2Si/c2*1-12-5-2-8-14(11-12)16-10-4-7-13-6-3-9-15(13)16;2*1-2-4-6-5-3-1;;;;/h2*2-11H,1H3;2*1-5H;2*1H3;;1H2. The molecule has 48 heavy (non-hydrogen) atoms. The van der Waals surface area contributed by atoms with Crippen LogP contribution in [0.1, 0.15) is 40.7 Å².